The van der Waals surface area contributed by atoms with Crippen molar-refractivity contribution in [1.82, 2.24) is 0 Å². The van der Waals surface area contributed by atoms with E-state index < -0.39 is 31.6 Å². The zero-order chi connectivity index (χ0) is 82.8. The minimum absolute atomic E-state index is 1.15. The molecule has 0 aromatic carbocycles. The van der Waals surface area contributed by atoms with Crippen LogP contribution in [0.4, 0.5) is 16.8 Å². The average Bonchev–Trinajstić information content (AvgIpc) is 0.984. The van der Waals surface area contributed by atoms with E-state index in [2.05, 4.69) is 344 Å². The topological polar surface area (TPSA) is 284 Å². The maximum Gasteiger partial charge on any atom is 0.171 e. The van der Waals surface area contributed by atoms with Crippen molar-refractivity contribution in [2.75, 3.05) is 0 Å². The SMILES string of the molecule is CCCC[n+]1cccc(C)c1.CCCC[n+]1cccc(C)c1.CCCC[n+]1cccc(C)c1.CCCC[n+]1cccc(C)c1.CCCC[n+]1cccc(C)c1.CCCC[n+]1cccc(C)c1.CCCC[n+]1cccc(C)c1.CCCC[n+]1cccc(C)c1.O=P([O-])([O-])F.O=P([O-])([O-])F.O=P([O-])([O-])F.O=P([O-])([O-])F. The monoisotopic (exact) mass is 1590 g/mol. The lowest BCUT2D eigenvalue weighted by Gasteiger charge is -2.15. The van der Waals surface area contributed by atoms with Crippen molar-refractivity contribution < 1.29 is 111 Å². The summed E-state index contributed by atoms with van der Waals surface area (Å²) in [6.45, 7) is 44.0. The van der Waals surface area contributed by atoms with Gasteiger partial charge in [0.15, 0.2) is 99.1 Å². The Morgan fingerprint density at radius 1 is 0.222 bits per heavy atom. The van der Waals surface area contributed by atoms with Gasteiger partial charge in [-0.2, -0.15) is 0 Å². The van der Waals surface area contributed by atoms with Crippen LogP contribution in [0, 0.1) is 55.4 Å². The highest BCUT2D eigenvalue weighted by molar-refractivity contribution is 7.43. The van der Waals surface area contributed by atoms with E-state index in [9.17, 15) is 16.8 Å². The van der Waals surface area contributed by atoms with Gasteiger partial charge in [-0.25, -0.2) is 53.3 Å². The standard InChI is InChI=1S/8C10H16N.4FH2O3P/c8*1-3-4-7-11-8-5-6-10(2)9-11;4*1-5(2,3)4/h8*5-6,8-9H,3-4,7H2,1-2H3;4*(H2,2,3,4)/q8*+1;;;;/p-8. The molecule has 0 N–H and O–H groups in total. The summed E-state index contributed by atoms with van der Waals surface area (Å²) in [6.07, 6.45) is 54.8. The predicted octanol–water partition coefficient (Wildman–Crippen LogP) is 11.8. The van der Waals surface area contributed by atoms with E-state index in [1.807, 2.05) is 0 Å². The Morgan fingerprint density at radius 3 is 0.370 bits per heavy atom. The Labute approximate surface area is 645 Å². The molecule has 0 radical (unpaired) electrons. The third kappa shape index (κ3) is 86.8. The number of unbranched alkanes of at least 4 members (excludes halogenated alkanes) is 8. The molecule has 8 rings (SSSR count). The molecule has 0 aliphatic carbocycles. The zero-order valence-electron chi connectivity index (χ0n) is 67.2. The fourth-order valence-corrected chi connectivity index (χ4v) is 9.06. The first-order chi connectivity index (χ1) is 50.6. The van der Waals surface area contributed by atoms with Crippen molar-refractivity contribution >= 4 is 31.6 Å². The van der Waals surface area contributed by atoms with Crippen molar-refractivity contribution in [3.05, 3.63) is 241 Å². The summed E-state index contributed by atoms with van der Waals surface area (Å²) in [6, 6.07) is 33.8. The maximum absolute atomic E-state index is 10.1. The molecule has 0 saturated carbocycles. The van der Waals surface area contributed by atoms with Gasteiger partial charge in [0.05, 0.1) is 0 Å². The van der Waals surface area contributed by atoms with Crippen LogP contribution in [0.3, 0.4) is 0 Å². The van der Waals surface area contributed by atoms with Crippen molar-refractivity contribution in [3.63, 3.8) is 0 Å². The molecule has 8 heterocycles. The lowest BCUT2D eigenvalue weighted by molar-refractivity contribution is -0.697. The lowest BCUT2D eigenvalue weighted by Crippen LogP contribution is -2.32. The van der Waals surface area contributed by atoms with E-state index in [1.165, 1.54) is 147 Å². The van der Waals surface area contributed by atoms with Gasteiger partial charge in [-0.1, -0.05) is 107 Å². The van der Waals surface area contributed by atoms with Gasteiger partial charge in [-0.15, -0.1) is 0 Å². The highest BCUT2D eigenvalue weighted by Gasteiger charge is 2.04. The first kappa shape index (κ1) is 108. The Balaban J connectivity index is -0.000000553. The molecule has 0 atom stereocenters. The minimum atomic E-state index is -5.64. The fraction of sp³-hybridized carbons (Fsp3) is 0.500. The summed E-state index contributed by atoms with van der Waals surface area (Å²) >= 11 is 0. The summed E-state index contributed by atoms with van der Waals surface area (Å²) in [5, 5.41) is 0. The lowest BCUT2D eigenvalue weighted by atomic mass is 10.3. The van der Waals surface area contributed by atoms with E-state index >= 15 is 0 Å². The van der Waals surface area contributed by atoms with Crippen LogP contribution in [-0.4, -0.2) is 0 Å². The van der Waals surface area contributed by atoms with E-state index in [-0.39, 0.29) is 0 Å². The molecule has 0 amide bonds. The highest BCUT2D eigenvalue weighted by Crippen LogP contribution is 2.24. The van der Waals surface area contributed by atoms with Crippen LogP contribution in [0.5, 0.6) is 0 Å². The average molecular weight is 1590 g/mol. The zero-order valence-corrected chi connectivity index (χ0v) is 70.8. The van der Waals surface area contributed by atoms with E-state index in [0.717, 1.165) is 52.4 Å². The van der Waals surface area contributed by atoms with Gasteiger partial charge in [-0.05, 0) is 104 Å². The summed E-state index contributed by atoms with van der Waals surface area (Å²) < 4.78 is 92.3. The van der Waals surface area contributed by atoms with Crippen LogP contribution in [0.25, 0.3) is 0 Å². The number of rotatable bonds is 24. The second-order valence-electron chi connectivity index (χ2n) is 25.5. The Hall–Kier alpha value is -6.48. The van der Waals surface area contributed by atoms with Crippen molar-refractivity contribution in [1.29, 1.82) is 0 Å². The van der Waals surface area contributed by atoms with Crippen LogP contribution in [-0.2, 0) is 70.6 Å². The largest absolute Gasteiger partial charge is 0.786 e. The molecule has 0 aliphatic rings. The summed E-state index contributed by atoms with van der Waals surface area (Å²) in [7, 11) is -22.6. The Bertz CT molecular complexity index is 3010. The maximum atomic E-state index is 10.1. The first-order valence-corrected chi connectivity index (χ1v) is 42.9. The Kier molecular flexibility index (Phi) is 67.3. The fourth-order valence-electron chi connectivity index (χ4n) is 9.06. The summed E-state index contributed by atoms with van der Waals surface area (Å²) in [5.74, 6) is 0. The molecule has 0 saturated heterocycles. The van der Waals surface area contributed by atoms with Gasteiger partial charge in [0, 0.05) is 144 Å². The molecule has 8 aromatic rings. The van der Waals surface area contributed by atoms with Gasteiger partial charge in [0.25, 0.3) is 0 Å². The molecule has 0 bridgehead atoms. The number of aryl methyl sites for hydroxylation is 16. The number of pyridine rings is 8. The van der Waals surface area contributed by atoms with Crippen molar-refractivity contribution in [2.45, 2.75) is 266 Å². The third-order valence-corrected chi connectivity index (χ3v) is 14.2. The summed E-state index contributed by atoms with van der Waals surface area (Å²) in [4.78, 5) is 67.5. The van der Waals surface area contributed by atoms with Gasteiger partial charge in [-0.3, -0.25) is 0 Å². The number of hydrogen-bond acceptors (Lipinski definition) is 12. The van der Waals surface area contributed by atoms with E-state index in [1.54, 1.807) is 0 Å². The third-order valence-electron chi connectivity index (χ3n) is 14.2. The second kappa shape index (κ2) is 67.4. The molecule has 0 spiro atoms. The van der Waals surface area contributed by atoms with Crippen molar-refractivity contribution in [2.24, 2.45) is 0 Å². The van der Waals surface area contributed by atoms with Crippen LogP contribution < -0.4 is 75.7 Å². The molecule has 108 heavy (non-hydrogen) atoms. The quantitative estimate of drug-likeness (QED) is 0.0310. The van der Waals surface area contributed by atoms with Gasteiger partial charge in [0.2, 0.25) is 0 Å². The normalized spacial score (nSPS) is 10.3. The van der Waals surface area contributed by atoms with Crippen LogP contribution in [0.1, 0.15) is 203 Å². The first-order valence-electron chi connectivity index (χ1n) is 37.1. The van der Waals surface area contributed by atoms with Crippen LogP contribution in [0.15, 0.2) is 196 Å². The molecular formula is C80H128F4N8O12P4. The van der Waals surface area contributed by atoms with Crippen LogP contribution in [0.2, 0.25) is 0 Å². The summed E-state index contributed by atoms with van der Waals surface area (Å²) in [5.41, 5.74) is 10.7. The number of aromatic nitrogens is 8. The number of hydrogen-bond donors (Lipinski definition) is 0. The van der Waals surface area contributed by atoms with Crippen molar-refractivity contribution in [3.8, 4) is 0 Å². The van der Waals surface area contributed by atoms with E-state index in [0.29, 0.717) is 0 Å². The molecule has 20 nitrogen and oxygen atoms in total. The molecule has 0 fully saturated rings. The molecule has 0 unspecified atom stereocenters. The number of nitrogens with zero attached hydrogens (tertiary/aromatic N) is 8. The smallest absolute Gasteiger partial charge is 0.171 e. The Morgan fingerprint density at radius 2 is 0.306 bits per heavy atom. The minimum Gasteiger partial charge on any atom is -0.786 e. The molecule has 608 valence electrons. The number of halogens is 4. The van der Waals surface area contributed by atoms with Crippen LogP contribution >= 0.6 is 31.6 Å². The van der Waals surface area contributed by atoms with Gasteiger partial charge in [0.1, 0.15) is 84.0 Å². The van der Waals surface area contributed by atoms with Gasteiger partial charge < -0.3 is 57.4 Å². The van der Waals surface area contributed by atoms with Gasteiger partial charge >= 0.3 is 0 Å². The molecule has 0 aliphatic heterocycles. The van der Waals surface area contributed by atoms with E-state index in [4.69, 9.17) is 57.4 Å². The predicted molar refractivity (Wildman–Crippen MR) is 405 cm³/mol. The molecular weight excluding hydrogens is 1460 g/mol. The molecule has 28 heteroatoms. The highest BCUT2D eigenvalue weighted by atomic mass is 31.2. The molecule has 8 aromatic heterocycles. The second-order valence-corrected chi connectivity index (χ2v) is 28.9.